The fourth-order valence-corrected chi connectivity index (χ4v) is 2.27. The Bertz CT molecular complexity index is 596. The van der Waals surface area contributed by atoms with E-state index < -0.39 is 0 Å². The second kappa shape index (κ2) is 5.47. The van der Waals surface area contributed by atoms with E-state index in [1.807, 2.05) is 32.9 Å². The number of nitrogens with zero attached hydrogens (tertiary/aromatic N) is 1. The predicted octanol–water partition coefficient (Wildman–Crippen LogP) is 2.70. The molecule has 1 aromatic heterocycles. The Morgan fingerprint density at radius 1 is 1.11 bits per heavy atom. The van der Waals surface area contributed by atoms with E-state index >= 15 is 0 Å². The molecule has 0 saturated carbocycles. The first kappa shape index (κ1) is 13.6. The van der Waals surface area contributed by atoms with Crippen molar-refractivity contribution >= 4 is 0 Å². The number of hydrazine groups is 1. The highest BCUT2D eigenvalue weighted by Gasteiger charge is 2.18. The molecule has 3 nitrogen and oxygen atoms in total. The Morgan fingerprint density at radius 3 is 2.47 bits per heavy atom. The number of hydrogen-bond donors (Lipinski definition) is 2. The third-order valence-electron chi connectivity index (χ3n) is 3.30. The first-order valence-corrected chi connectivity index (χ1v) is 6.19. The van der Waals surface area contributed by atoms with Gasteiger partial charge in [-0.15, -0.1) is 0 Å². The summed E-state index contributed by atoms with van der Waals surface area (Å²) in [6, 6.07) is 8.37. The maximum absolute atomic E-state index is 13.4. The summed E-state index contributed by atoms with van der Waals surface area (Å²) in [6.07, 6.45) is 0. The number of halogens is 1. The van der Waals surface area contributed by atoms with Crippen molar-refractivity contribution in [3.63, 3.8) is 0 Å². The van der Waals surface area contributed by atoms with Crippen LogP contribution >= 0.6 is 0 Å². The average Bonchev–Trinajstić information content (AvgIpc) is 2.36. The van der Waals surface area contributed by atoms with Gasteiger partial charge < -0.3 is 0 Å². The molecule has 1 unspecified atom stereocenters. The second-order valence-electron chi connectivity index (χ2n) is 4.73. The number of aryl methyl sites for hydroxylation is 3. The van der Waals surface area contributed by atoms with Crippen LogP contribution in [0.5, 0.6) is 0 Å². The molecule has 1 heterocycles. The van der Waals surface area contributed by atoms with Gasteiger partial charge in [0.05, 0.1) is 6.04 Å². The molecule has 0 aliphatic carbocycles. The molecule has 0 saturated heterocycles. The maximum atomic E-state index is 13.4. The van der Waals surface area contributed by atoms with Gasteiger partial charge in [-0.25, -0.2) is 9.82 Å². The highest BCUT2D eigenvalue weighted by molar-refractivity contribution is 5.38. The Kier molecular flexibility index (Phi) is 3.93. The number of pyridine rings is 1. The zero-order chi connectivity index (χ0) is 14.0. The maximum Gasteiger partial charge on any atom is 0.123 e. The van der Waals surface area contributed by atoms with Gasteiger partial charge in [-0.05, 0) is 55.7 Å². The summed E-state index contributed by atoms with van der Waals surface area (Å²) in [5.41, 5.74) is 7.38. The van der Waals surface area contributed by atoms with Crippen LogP contribution in [0.4, 0.5) is 4.39 Å². The Labute approximate surface area is 112 Å². The van der Waals surface area contributed by atoms with Crippen LogP contribution < -0.4 is 11.3 Å². The van der Waals surface area contributed by atoms with E-state index in [0.29, 0.717) is 0 Å². The normalized spacial score (nSPS) is 12.5. The van der Waals surface area contributed by atoms with Crippen LogP contribution in [0, 0.1) is 26.6 Å². The molecule has 1 atom stereocenters. The fourth-order valence-electron chi connectivity index (χ4n) is 2.27. The summed E-state index contributed by atoms with van der Waals surface area (Å²) in [5.74, 6) is 5.40. The Hall–Kier alpha value is -1.78. The topological polar surface area (TPSA) is 50.9 Å². The number of nitrogens with two attached hydrogens (primary N) is 1. The molecule has 19 heavy (non-hydrogen) atoms. The van der Waals surface area contributed by atoms with E-state index in [-0.39, 0.29) is 11.9 Å². The van der Waals surface area contributed by atoms with Crippen LogP contribution in [0.25, 0.3) is 0 Å². The zero-order valence-corrected chi connectivity index (χ0v) is 11.4. The van der Waals surface area contributed by atoms with E-state index in [0.717, 1.165) is 28.1 Å². The fraction of sp³-hybridized carbons (Fsp3) is 0.267. The molecule has 0 bridgehead atoms. The van der Waals surface area contributed by atoms with Crippen molar-refractivity contribution in [3.8, 4) is 0 Å². The molecule has 2 rings (SSSR count). The Balaban J connectivity index is 2.52. The lowest BCUT2D eigenvalue weighted by Crippen LogP contribution is -2.30. The molecular weight excluding hydrogens is 241 g/mol. The lowest BCUT2D eigenvalue weighted by Gasteiger charge is -2.20. The standard InChI is InChI=1S/C15H18FN3/c1-9-4-6-12(16)8-14(9)15(19-17)13-7-5-10(2)18-11(13)3/h4-8,15,19H,17H2,1-3H3. The summed E-state index contributed by atoms with van der Waals surface area (Å²) in [6.45, 7) is 5.81. The second-order valence-corrected chi connectivity index (χ2v) is 4.73. The molecule has 4 heteroatoms. The van der Waals surface area contributed by atoms with Gasteiger partial charge in [-0.3, -0.25) is 10.8 Å². The van der Waals surface area contributed by atoms with Gasteiger partial charge in [0.2, 0.25) is 0 Å². The number of aromatic nitrogens is 1. The lowest BCUT2D eigenvalue weighted by atomic mass is 9.94. The van der Waals surface area contributed by atoms with Crippen molar-refractivity contribution in [2.75, 3.05) is 0 Å². The molecular formula is C15H18FN3. The first-order valence-electron chi connectivity index (χ1n) is 6.19. The van der Waals surface area contributed by atoms with Crippen LogP contribution in [0.1, 0.15) is 34.1 Å². The van der Waals surface area contributed by atoms with Crippen molar-refractivity contribution in [2.45, 2.75) is 26.8 Å². The van der Waals surface area contributed by atoms with Crippen LogP contribution in [0.3, 0.4) is 0 Å². The van der Waals surface area contributed by atoms with Gasteiger partial charge in [-0.1, -0.05) is 12.1 Å². The molecule has 1 aromatic carbocycles. The largest absolute Gasteiger partial charge is 0.271 e. The molecule has 3 N–H and O–H groups in total. The van der Waals surface area contributed by atoms with Gasteiger partial charge in [0.25, 0.3) is 0 Å². The van der Waals surface area contributed by atoms with Gasteiger partial charge in [0.15, 0.2) is 0 Å². The van der Waals surface area contributed by atoms with Crippen LogP contribution in [-0.2, 0) is 0 Å². The summed E-state index contributed by atoms with van der Waals surface area (Å²) < 4.78 is 13.4. The van der Waals surface area contributed by atoms with Crippen LogP contribution in [0.2, 0.25) is 0 Å². The van der Waals surface area contributed by atoms with Crippen molar-refractivity contribution in [3.05, 3.63) is 64.2 Å². The SMILES string of the molecule is Cc1ccc(C(NN)c2cc(F)ccc2C)c(C)n1. The van der Waals surface area contributed by atoms with E-state index in [4.69, 9.17) is 5.84 Å². The molecule has 0 fully saturated rings. The molecule has 100 valence electrons. The Morgan fingerprint density at radius 2 is 1.84 bits per heavy atom. The third-order valence-corrected chi connectivity index (χ3v) is 3.30. The van der Waals surface area contributed by atoms with Crippen LogP contribution in [0.15, 0.2) is 30.3 Å². The van der Waals surface area contributed by atoms with Gasteiger partial charge >= 0.3 is 0 Å². The quantitative estimate of drug-likeness (QED) is 0.658. The van der Waals surface area contributed by atoms with Crippen molar-refractivity contribution in [2.24, 2.45) is 5.84 Å². The van der Waals surface area contributed by atoms with E-state index in [9.17, 15) is 4.39 Å². The minimum atomic E-state index is -0.265. The number of hydrogen-bond acceptors (Lipinski definition) is 3. The summed E-state index contributed by atoms with van der Waals surface area (Å²) in [4.78, 5) is 4.43. The van der Waals surface area contributed by atoms with Gasteiger partial charge in [0.1, 0.15) is 5.82 Å². The average molecular weight is 259 g/mol. The monoisotopic (exact) mass is 259 g/mol. The highest BCUT2D eigenvalue weighted by atomic mass is 19.1. The zero-order valence-electron chi connectivity index (χ0n) is 11.4. The van der Waals surface area contributed by atoms with Gasteiger partial charge in [-0.2, -0.15) is 0 Å². The highest BCUT2D eigenvalue weighted by Crippen LogP contribution is 2.26. The lowest BCUT2D eigenvalue weighted by molar-refractivity contribution is 0.600. The van der Waals surface area contributed by atoms with Gasteiger partial charge in [0, 0.05) is 11.4 Å². The molecule has 0 aliphatic rings. The van der Waals surface area contributed by atoms with E-state index in [1.165, 1.54) is 12.1 Å². The van der Waals surface area contributed by atoms with Crippen molar-refractivity contribution < 1.29 is 4.39 Å². The number of rotatable bonds is 3. The smallest absolute Gasteiger partial charge is 0.123 e. The minimum Gasteiger partial charge on any atom is -0.271 e. The van der Waals surface area contributed by atoms with Crippen LogP contribution in [-0.4, -0.2) is 4.98 Å². The first-order chi connectivity index (χ1) is 9.02. The summed E-state index contributed by atoms with van der Waals surface area (Å²) in [5, 5.41) is 0. The van der Waals surface area contributed by atoms with Crippen molar-refractivity contribution in [1.29, 1.82) is 0 Å². The van der Waals surface area contributed by atoms with Crippen molar-refractivity contribution in [1.82, 2.24) is 10.4 Å². The molecule has 0 amide bonds. The minimum absolute atomic E-state index is 0.260. The number of nitrogens with one attached hydrogen (secondary N) is 1. The summed E-state index contributed by atoms with van der Waals surface area (Å²) >= 11 is 0. The molecule has 0 aliphatic heterocycles. The number of benzene rings is 1. The van der Waals surface area contributed by atoms with E-state index in [2.05, 4.69) is 10.4 Å². The molecule has 2 aromatic rings. The third kappa shape index (κ3) is 2.80. The predicted molar refractivity (Wildman–Crippen MR) is 74.0 cm³/mol. The molecule has 0 radical (unpaired) electrons. The summed E-state index contributed by atoms with van der Waals surface area (Å²) in [7, 11) is 0. The van der Waals surface area contributed by atoms with E-state index in [1.54, 1.807) is 6.07 Å². The molecule has 0 spiro atoms.